The number of amides is 2. The number of nitrogens with one attached hydrogen (secondary N) is 2. The summed E-state index contributed by atoms with van der Waals surface area (Å²) in [6.45, 7) is 3.47. The van der Waals surface area contributed by atoms with Crippen molar-refractivity contribution in [2.75, 3.05) is 5.32 Å². The lowest BCUT2D eigenvalue weighted by atomic mass is 10.0. The van der Waals surface area contributed by atoms with Crippen LogP contribution in [0.3, 0.4) is 0 Å². The molecule has 0 bridgehead atoms. The highest BCUT2D eigenvalue weighted by Gasteiger charge is 2.30. The van der Waals surface area contributed by atoms with Crippen molar-refractivity contribution >= 4 is 17.5 Å². The highest BCUT2D eigenvalue weighted by atomic mass is 16.2. The van der Waals surface area contributed by atoms with E-state index in [9.17, 15) is 9.59 Å². The van der Waals surface area contributed by atoms with E-state index >= 15 is 0 Å². The van der Waals surface area contributed by atoms with Gasteiger partial charge in [-0.05, 0) is 18.1 Å². The Balaban J connectivity index is 2.37. The van der Waals surface area contributed by atoms with Gasteiger partial charge in [0.05, 0.1) is 0 Å². The van der Waals surface area contributed by atoms with Crippen molar-refractivity contribution in [3.05, 3.63) is 29.3 Å². The molecule has 0 saturated carbocycles. The number of hydrogen-bond acceptors (Lipinski definition) is 2. The van der Waals surface area contributed by atoms with Gasteiger partial charge in [0.15, 0.2) is 0 Å². The fourth-order valence-corrected chi connectivity index (χ4v) is 1.88. The van der Waals surface area contributed by atoms with Crippen LogP contribution in [0, 0.1) is 0 Å². The van der Waals surface area contributed by atoms with Crippen molar-refractivity contribution in [1.29, 1.82) is 0 Å². The molecule has 0 aromatic heterocycles. The van der Waals surface area contributed by atoms with Crippen LogP contribution in [0.15, 0.2) is 18.2 Å². The molecule has 0 radical (unpaired) electrons. The van der Waals surface area contributed by atoms with Gasteiger partial charge in [0, 0.05) is 18.2 Å². The third-order valence-corrected chi connectivity index (χ3v) is 2.70. The summed E-state index contributed by atoms with van der Waals surface area (Å²) >= 11 is 0. The Kier molecular flexibility index (Phi) is 2.64. The second-order valence-corrected chi connectivity index (χ2v) is 3.90. The Bertz CT molecular complexity index is 454. The lowest BCUT2D eigenvalue weighted by Gasteiger charge is -2.10. The summed E-state index contributed by atoms with van der Waals surface area (Å²) in [5.41, 5.74) is 2.81. The number of hydrogen-bond donors (Lipinski definition) is 2. The Labute approximate surface area is 94.0 Å². The van der Waals surface area contributed by atoms with E-state index in [0.717, 1.165) is 23.2 Å². The van der Waals surface area contributed by atoms with Crippen LogP contribution in [-0.2, 0) is 16.0 Å². The van der Waals surface area contributed by atoms with Gasteiger partial charge in [0.1, 0.15) is 6.04 Å². The van der Waals surface area contributed by atoms with E-state index in [-0.39, 0.29) is 11.8 Å². The molecule has 1 aromatic carbocycles. The van der Waals surface area contributed by atoms with Crippen LogP contribution in [0.1, 0.15) is 31.0 Å². The predicted octanol–water partition coefficient (Wildman–Crippen LogP) is 1.38. The molecule has 1 unspecified atom stereocenters. The minimum absolute atomic E-state index is 0.168. The van der Waals surface area contributed by atoms with Crippen LogP contribution in [0.5, 0.6) is 0 Å². The topological polar surface area (TPSA) is 58.2 Å². The minimum Gasteiger partial charge on any atom is -0.341 e. The number of carbonyl (C=O) groups excluding carboxylic acids is 2. The van der Waals surface area contributed by atoms with E-state index < -0.39 is 6.04 Å². The molecule has 0 fully saturated rings. The Hall–Kier alpha value is -1.84. The molecular weight excluding hydrogens is 204 g/mol. The molecule has 84 valence electrons. The highest BCUT2D eigenvalue weighted by Crippen LogP contribution is 2.31. The largest absolute Gasteiger partial charge is 0.341 e. The van der Waals surface area contributed by atoms with Crippen LogP contribution in [0.2, 0.25) is 0 Å². The van der Waals surface area contributed by atoms with Crippen molar-refractivity contribution < 1.29 is 9.59 Å². The molecule has 1 aliphatic rings. The summed E-state index contributed by atoms with van der Waals surface area (Å²) in [4.78, 5) is 22.7. The number of anilines is 1. The molecule has 2 amide bonds. The zero-order valence-corrected chi connectivity index (χ0v) is 9.33. The number of carbonyl (C=O) groups is 2. The highest BCUT2D eigenvalue weighted by molar-refractivity contribution is 6.04. The molecule has 2 N–H and O–H groups in total. The third kappa shape index (κ3) is 1.78. The fraction of sp³-hybridized carbons (Fsp3) is 0.333. The molecular formula is C12H14N2O2. The van der Waals surface area contributed by atoms with E-state index in [1.165, 1.54) is 6.92 Å². The van der Waals surface area contributed by atoms with Crippen LogP contribution in [-0.4, -0.2) is 11.8 Å². The monoisotopic (exact) mass is 218 g/mol. The maximum atomic E-state index is 11.6. The first-order valence-corrected chi connectivity index (χ1v) is 5.32. The summed E-state index contributed by atoms with van der Waals surface area (Å²) in [6, 6.07) is 5.29. The first-order chi connectivity index (χ1) is 7.61. The Morgan fingerprint density at radius 1 is 1.50 bits per heavy atom. The molecule has 0 aliphatic carbocycles. The molecule has 0 spiro atoms. The molecule has 0 saturated heterocycles. The van der Waals surface area contributed by atoms with Gasteiger partial charge >= 0.3 is 0 Å². The normalized spacial score (nSPS) is 17.9. The fourth-order valence-electron chi connectivity index (χ4n) is 1.88. The lowest BCUT2D eigenvalue weighted by Crippen LogP contribution is -2.31. The van der Waals surface area contributed by atoms with Crippen LogP contribution < -0.4 is 10.6 Å². The van der Waals surface area contributed by atoms with Crippen molar-refractivity contribution in [3.63, 3.8) is 0 Å². The van der Waals surface area contributed by atoms with Crippen molar-refractivity contribution in [2.45, 2.75) is 26.3 Å². The van der Waals surface area contributed by atoms with E-state index in [4.69, 9.17) is 0 Å². The summed E-state index contributed by atoms with van der Waals surface area (Å²) in [7, 11) is 0. The molecule has 1 heterocycles. The Morgan fingerprint density at radius 2 is 2.25 bits per heavy atom. The van der Waals surface area contributed by atoms with E-state index in [1.807, 2.05) is 18.2 Å². The zero-order chi connectivity index (χ0) is 11.7. The maximum Gasteiger partial charge on any atom is 0.251 e. The third-order valence-electron chi connectivity index (χ3n) is 2.70. The standard InChI is InChI=1S/C12H14N2O2/c1-3-8-4-5-10-9(6-8)11(12(16)14-10)13-7(2)15/h4-6,11H,3H2,1-2H3,(H,13,15)(H,14,16). The average molecular weight is 218 g/mol. The van der Waals surface area contributed by atoms with E-state index in [0.29, 0.717) is 0 Å². The number of benzene rings is 1. The predicted molar refractivity (Wildman–Crippen MR) is 61.0 cm³/mol. The number of rotatable bonds is 2. The van der Waals surface area contributed by atoms with Crippen LogP contribution in [0.25, 0.3) is 0 Å². The van der Waals surface area contributed by atoms with Gasteiger partial charge in [0.25, 0.3) is 5.91 Å². The quantitative estimate of drug-likeness (QED) is 0.787. The smallest absolute Gasteiger partial charge is 0.251 e. The summed E-state index contributed by atoms with van der Waals surface area (Å²) in [5.74, 6) is -0.367. The lowest BCUT2D eigenvalue weighted by molar-refractivity contribution is -0.124. The van der Waals surface area contributed by atoms with Gasteiger partial charge in [-0.25, -0.2) is 0 Å². The van der Waals surface area contributed by atoms with Gasteiger partial charge in [-0.3, -0.25) is 9.59 Å². The maximum absolute atomic E-state index is 11.6. The first-order valence-electron chi connectivity index (χ1n) is 5.32. The summed E-state index contributed by atoms with van der Waals surface area (Å²) in [6.07, 6.45) is 0.911. The molecule has 4 nitrogen and oxygen atoms in total. The van der Waals surface area contributed by atoms with Crippen molar-refractivity contribution in [2.24, 2.45) is 0 Å². The molecule has 1 aliphatic heterocycles. The molecule has 1 atom stereocenters. The Morgan fingerprint density at radius 3 is 2.88 bits per heavy atom. The van der Waals surface area contributed by atoms with Crippen LogP contribution >= 0.6 is 0 Å². The van der Waals surface area contributed by atoms with Gasteiger partial charge in [-0.15, -0.1) is 0 Å². The zero-order valence-electron chi connectivity index (χ0n) is 9.33. The van der Waals surface area contributed by atoms with Crippen LogP contribution in [0.4, 0.5) is 5.69 Å². The van der Waals surface area contributed by atoms with Crippen molar-refractivity contribution in [3.8, 4) is 0 Å². The van der Waals surface area contributed by atoms with Crippen molar-refractivity contribution in [1.82, 2.24) is 5.32 Å². The minimum atomic E-state index is -0.543. The molecule has 4 heteroatoms. The number of aryl methyl sites for hydroxylation is 1. The SMILES string of the molecule is CCc1ccc2c(c1)C(NC(C)=O)C(=O)N2. The van der Waals surface area contributed by atoms with Gasteiger partial charge in [-0.1, -0.05) is 19.1 Å². The molecule has 2 rings (SSSR count). The van der Waals surface area contributed by atoms with Gasteiger partial charge < -0.3 is 10.6 Å². The second-order valence-electron chi connectivity index (χ2n) is 3.90. The van der Waals surface area contributed by atoms with Gasteiger partial charge in [0.2, 0.25) is 5.91 Å². The first kappa shape index (κ1) is 10.7. The second kappa shape index (κ2) is 3.96. The van der Waals surface area contributed by atoms with E-state index in [2.05, 4.69) is 17.6 Å². The summed E-state index contributed by atoms with van der Waals surface area (Å²) in [5, 5.41) is 5.40. The average Bonchev–Trinajstić information content (AvgIpc) is 2.54. The molecule has 1 aromatic rings. The van der Waals surface area contributed by atoms with E-state index in [1.54, 1.807) is 0 Å². The number of fused-ring (bicyclic) bond motifs is 1. The van der Waals surface area contributed by atoms with Gasteiger partial charge in [-0.2, -0.15) is 0 Å². The molecule has 16 heavy (non-hydrogen) atoms. The summed E-state index contributed by atoms with van der Waals surface area (Å²) < 4.78 is 0.